The SMILES string of the molecule is CCOCCCNC(C#N)c1cccc(F)c1. The third kappa shape index (κ3) is 4.94. The fourth-order valence-corrected chi connectivity index (χ4v) is 1.49. The van der Waals surface area contributed by atoms with Gasteiger partial charge >= 0.3 is 0 Å². The van der Waals surface area contributed by atoms with Crippen molar-refractivity contribution in [1.29, 1.82) is 5.26 Å². The van der Waals surface area contributed by atoms with Crippen molar-refractivity contribution in [3.63, 3.8) is 0 Å². The summed E-state index contributed by atoms with van der Waals surface area (Å²) in [5.74, 6) is -0.320. The predicted octanol–water partition coefficient (Wildman–Crippen LogP) is 2.41. The Labute approximate surface area is 101 Å². The first-order valence-corrected chi connectivity index (χ1v) is 5.74. The van der Waals surface area contributed by atoms with Gasteiger partial charge in [-0.2, -0.15) is 5.26 Å². The molecule has 92 valence electrons. The summed E-state index contributed by atoms with van der Waals surface area (Å²) < 4.78 is 18.2. The molecule has 0 amide bonds. The van der Waals surface area contributed by atoms with Crippen LogP contribution in [0.5, 0.6) is 0 Å². The number of hydrogen-bond acceptors (Lipinski definition) is 3. The second-order valence-corrected chi connectivity index (χ2v) is 3.62. The van der Waals surface area contributed by atoms with Crippen LogP contribution in [0.3, 0.4) is 0 Å². The standard InChI is InChI=1S/C13H17FN2O/c1-2-17-8-4-7-16-13(10-15)11-5-3-6-12(14)9-11/h3,5-6,9,13,16H,2,4,7-8H2,1H3. The fraction of sp³-hybridized carbons (Fsp3) is 0.462. The van der Waals surface area contributed by atoms with Crippen molar-refractivity contribution in [2.24, 2.45) is 0 Å². The first-order chi connectivity index (χ1) is 8.27. The average Bonchev–Trinajstić information content (AvgIpc) is 2.34. The summed E-state index contributed by atoms with van der Waals surface area (Å²) >= 11 is 0. The number of rotatable bonds is 7. The zero-order valence-corrected chi connectivity index (χ0v) is 9.95. The molecular formula is C13H17FN2O. The Balaban J connectivity index is 2.41. The third-order valence-electron chi connectivity index (χ3n) is 2.33. The second-order valence-electron chi connectivity index (χ2n) is 3.62. The summed E-state index contributed by atoms with van der Waals surface area (Å²) in [5, 5.41) is 12.1. The number of ether oxygens (including phenoxy) is 1. The highest BCUT2D eigenvalue weighted by molar-refractivity contribution is 5.24. The molecule has 0 saturated carbocycles. The van der Waals surface area contributed by atoms with Gasteiger partial charge < -0.3 is 4.74 Å². The van der Waals surface area contributed by atoms with Gasteiger partial charge in [0.15, 0.2) is 0 Å². The quantitative estimate of drug-likeness (QED) is 0.739. The minimum absolute atomic E-state index is 0.320. The predicted molar refractivity (Wildman–Crippen MR) is 63.9 cm³/mol. The highest BCUT2D eigenvalue weighted by Crippen LogP contribution is 2.13. The molecule has 3 nitrogen and oxygen atoms in total. The van der Waals surface area contributed by atoms with Gasteiger partial charge in [0.05, 0.1) is 6.07 Å². The lowest BCUT2D eigenvalue weighted by Gasteiger charge is -2.11. The van der Waals surface area contributed by atoms with Crippen molar-refractivity contribution in [3.8, 4) is 6.07 Å². The average molecular weight is 236 g/mol. The molecule has 0 aliphatic rings. The Bertz CT molecular complexity index is 376. The van der Waals surface area contributed by atoms with Crippen molar-refractivity contribution in [2.45, 2.75) is 19.4 Å². The van der Waals surface area contributed by atoms with Gasteiger partial charge in [0.25, 0.3) is 0 Å². The van der Waals surface area contributed by atoms with E-state index in [1.165, 1.54) is 12.1 Å². The fourth-order valence-electron chi connectivity index (χ4n) is 1.49. The second kappa shape index (κ2) is 7.77. The molecule has 4 heteroatoms. The molecule has 0 aromatic heterocycles. The van der Waals surface area contributed by atoms with Crippen LogP contribution in [0, 0.1) is 17.1 Å². The Morgan fingerprint density at radius 2 is 2.35 bits per heavy atom. The molecule has 1 aromatic rings. The van der Waals surface area contributed by atoms with Crippen molar-refractivity contribution >= 4 is 0 Å². The maximum atomic E-state index is 13.0. The highest BCUT2D eigenvalue weighted by Gasteiger charge is 2.09. The van der Waals surface area contributed by atoms with Crippen LogP contribution in [-0.2, 0) is 4.74 Å². The lowest BCUT2D eigenvalue weighted by molar-refractivity contribution is 0.144. The Kier molecular flexibility index (Phi) is 6.23. The van der Waals surface area contributed by atoms with E-state index in [2.05, 4.69) is 11.4 Å². The molecule has 0 aliphatic heterocycles. The van der Waals surface area contributed by atoms with Crippen LogP contribution in [0.2, 0.25) is 0 Å². The van der Waals surface area contributed by atoms with E-state index in [0.29, 0.717) is 25.3 Å². The summed E-state index contributed by atoms with van der Waals surface area (Å²) in [6.07, 6.45) is 0.835. The van der Waals surface area contributed by atoms with E-state index in [9.17, 15) is 4.39 Å². The lowest BCUT2D eigenvalue weighted by atomic mass is 10.1. The summed E-state index contributed by atoms with van der Waals surface area (Å²) in [4.78, 5) is 0. The lowest BCUT2D eigenvalue weighted by Crippen LogP contribution is -2.22. The largest absolute Gasteiger partial charge is 0.382 e. The Morgan fingerprint density at radius 3 is 3.00 bits per heavy atom. The van der Waals surface area contributed by atoms with Gasteiger partial charge in [-0.1, -0.05) is 12.1 Å². The molecule has 0 spiro atoms. The highest BCUT2D eigenvalue weighted by atomic mass is 19.1. The van der Waals surface area contributed by atoms with Crippen molar-refractivity contribution in [2.75, 3.05) is 19.8 Å². The molecule has 1 aromatic carbocycles. The Morgan fingerprint density at radius 1 is 1.53 bits per heavy atom. The van der Waals surface area contributed by atoms with Gasteiger partial charge in [-0.25, -0.2) is 4.39 Å². The smallest absolute Gasteiger partial charge is 0.123 e. The molecule has 17 heavy (non-hydrogen) atoms. The number of halogens is 1. The van der Waals surface area contributed by atoms with Gasteiger partial charge in [-0.05, 0) is 37.6 Å². The first kappa shape index (κ1) is 13.6. The van der Waals surface area contributed by atoms with Gasteiger partial charge in [-0.15, -0.1) is 0 Å². The van der Waals surface area contributed by atoms with Crippen LogP contribution in [-0.4, -0.2) is 19.8 Å². The monoisotopic (exact) mass is 236 g/mol. The molecule has 1 unspecified atom stereocenters. The zero-order chi connectivity index (χ0) is 12.5. The van der Waals surface area contributed by atoms with Crippen LogP contribution >= 0.6 is 0 Å². The normalized spacial score (nSPS) is 12.1. The van der Waals surface area contributed by atoms with Crippen LogP contribution < -0.4 is 5.32 Å². The molecule has 0 bridgehead atoms. The van der Waals surface area contributed by atoms with Gasteiger partial charge in [-0.3, -0.25) is 5.32 Å². The van der Waals surface area contributed by atoms with Gasteiger partial charge in [0, 0.05) is 13.2 Å². The van der Waals surface area contributed by atoms with E-state index in [0.717, 1.165) is 6.42 Å². The van der Waals surface area contributed by atoms with Crippen molar-refractivity contribution < 1.29 is 9.13 Å². The van der Waals surface area contributed by atoms with Gasteiger partial charge in [0.1, 0.15) is 11.9 Å². The molecule has 1 N–H and O–H groups in total. The molecule has 0 radical (unpaired) electrons. The number of hydrogen-bond donors (Lipinski definition) is 1. The molecule has 0 aliphatic carbocycles. The minimum Gasteiger partial charge on any atom is -0.382 e. The van der Waals surface area contributed by atoms with E-state index in [4.69, 9.17) is 10.00 Å². The van der Waals surface area contributed by atoms with Gasteiger partial charge in [0.2, 0.25) is 0 Å². The number of nitrogens with zero attached hydrogens (tertiary/aromatic N) is 1. The molecular weight excluding hydrogens is 219 g/mol. The number of nitriles is 1. The van der Waals surface area contributed by atoms with Crippen molar-refractivity contribution in [1.82, 2.24) is 5.32 Å². The van der Waals surface area contributed by atoms with E-state index in [-0.39, 0.29) is 5.82 Å². The zero-order valence-electron chi connectivity index (χ0n) is 9.95. The summed E-state index contributed by atoms with van der Waals surface area (Å²) in [6.45, 7) is 3.99. The molecule has 0 saturated heterocycles. The van der Waals surface area contributed by atoms with Crippen LogP contribution in [0.25, 0.3) is 0 Å². The van der Waals surface area contributed by atoms with Crippen LogP contribution in [0.4, 0.5) is 4.39 Å². The topological polar surface area (TPSA) is 45.0 Å². The van der Waals surface area contributed by atoms with Crippen LogP contribution in [0.1, 0.15) is 24.9 Å². The number of nitrogens with one attached hydrogen (secondary N) is 1. The summed E-state index contributed by atoms with van der Waals surface area (Å²) in [5.41, 5.74) is 0.656. The molecule has 0 heterocycles. The van der Waals surface area contributed by atoms with E-state index >= 15 is 0 Å². The maximum Gasteiger partial charge on any atom is 0.123 e. The minimum atomic E-state index is -0.465. The molecule has 1 rings (SSSR count). The maximum absolute atomic E-state index is 13.0. The summed E-state index contributed by atoms with van der Waals surface area (Å²) in [6, 6.07) is 7.75. The Hall–Kier alpha value is -1.44. The summed E-state index contributed by atoms with van der Waals surface area (Å²) in [7, 11) is 0. The number of benzene rings is 1. The van der Waals surface area contributed by atoms with Crippen LogP contribution in [0.15, 0.2) is 24.3 Å². The first-order valence-electron chi connectivity index (χ1n) is 5.74. The van der Waals surface area contributed by atoms with E-state index < -0.39 is 6.04 Å². The van der Waals surface area contributed by atoms with E-state index in [1.54, 1.807) is 12.1 Å². The molecule has 1 atom stereocenters. The third-order valence-corrected chi connectivity index (χ3v) is 2.33. The van der Waals surface area contributed by atoms with E-state index in [1.807, 2.05) is 6.92 Å². The van der Waals surface area contributed by atoms with Crippen molar-refractivity contribution in [3.05, 3.63) is 35.6 Å². The molecule has 0 fully saturated rings.